The minimum atomic E-state index is -0.313. The Hall–Kier alpha value is -1.98. The first-order chi connectivity index (χ1) is 10.1. The minimum absolute atomic E-state index is 0.00405. The number of rotatable bonds is 6. The van der Waals surface area contributed by atoms with Crippen molar-refractivity contribution < 1.29 is 14.3 Å². The summed E-state index contributed by atoms with van der Waals surface area (Å²) in [4.78, 5) is 24.5. The molecule has 0 spiro atoms. The molecule has 21 heavy (non-hydrogen) atoms. The summed E-state index contributed by atoms with van der Waals surface area (Å²) in [5, 5.41) is 8.25. The van der Waals surface area contributed by atoms with Crippen LogP contribution in [0.15, 0.2) is 12.1 Å². The van der Waals surface area contributed by atoms with Gasteiger partial charge in [0.2, 0.25) is 0 Å². The third-order valence-electron chi connectivity index (χ3n) is 3.57. The lowest BCUT2D eigenvalue weighted by Crippen LogP contribution is -2.34. The summed E-state index contributed by atoms with van der Waals surface area (Å²) >= 11 is 0. The number of hydrogen-bond acceptors (Lipinski definition) is 6. The molecule has 0 unspecified atom stereocenters. The second-order valence-corrected chi connectivity index (χ2v) is 5.41. The zero-order valence-corrected chi connectivity index (χ0v) is 12.5. The van der Waals surface area contributed by atoms with E-state index in [9.17, 15) is 9.59 Å². The van der Waals surface area contributed by atoms with Gasteiger partial charge in [0.1, 0.15) is 12.4 Å². The Kier molecular flexibility index (Phi) is 5.25. The van der Waals surface area contributed by atoms with Gasteiger partial charge in [-0.1, -0.05) is 0 Å². The number of aromatic nitrogens is 2. The maximum absolute atomic E-state index is 11.6. The van der Waals surface area contributed by atoms with E-state index in [1.165, 1.54) is 6.92 Å². The molecule has 6 heteroatoms. The van der Waals surface area contributed by atoms with Crippen molar-refractivity contribution in [2.45, 2.75) is 45.6 Å². The number of anilines is 1. The van der Waals surface area contributed by atoms with Crippen molar-refractivity contribution >= 4 is 17.6 Å². The van der Waals surface area contributed by atoms with E-state index < -0.39 is 0 Å². The average Bonchev–Trinajstić information content (AvgIpc) is 2.92. The summed E-state index contributed by atoms with van der Waals surface area (Å²) < 4.78 is 5.27. The molecule has 0 N–H and O–H groups in total. The summed E-state index contributed by atoms with van der Waals surface area (Å²) in [6, 6.07) is 4.01. The number of hydrogen-bond donors (Lipinski definition) is 0. The number of aryl methyl sites for hydroxylation is 1. The molecule has 1 aromatic rings. The van der Waals surface area contributed by atoms with Gasteiger partial charge in [0.15, 0.2) is 5.82 Å². The zero-order valence-electron chi connectivity index (χ0n) is 12.5. The van der Waals surface area contributed by atoms with Gasteiger partial charge in [-0.3, -0.25) is 4.79 Å². The van der Waals surface area contributed by atoms with E-state index in [1.54, 1.807) is 0 Å². The average molecular weight is 291 g/mol. The van der Waals surface area contributed by atoms with E-state index >= 15 is 0 Å². The van der Waals surface area contributed by atoms with Gasteiger partial charge in [-0.15, -0.1) is 5.10 Å². The van der Waals surface area contributed by atoms with Crippen LogP contribution >= 0.6 is 0 Å². The number of esters is 1. The molecule has 1 aliphatic rings. The number of ether oxygens (including phenoxy) is 1. The molecular weight excluding hydrogens is 270 g/mol. The quantitative estimate of drug-likeness (QED) is 0.742. The molecule has 0 saturated carbocycles. The first kappa shape index (κ1) is 15.4. The van der Waals surface area contributed by atoms with E-state index in [-0.39, 0.29) is 30.6 Å². The molecule has 0 aliphatic carbocycles. The summed E-state index contributed by atoms with van der Waals surface area (Å²) in [6.07, 6.45) is 2.42. The van der Waals surface area contributed by atoms with Crippen LogP contribution in [0.1, 0.15) is 38.3 Å². The van der Waals surface area contributed by atoms with Gasteiger partial charge in [0, 0.05) is 13.0 Å². The molecule has 2 rings (SSSR count). The van der Waals surface area contributed by atoms with Crippen molar-refractivity contribution in [2.75, 3.05) is 18.1 Å². The number of nitrogens with zero attached hydrogens (tertiary/aromatic N) is 3. The van der Waals surface area contributed by atoms with Crippen LogP contribution in [-0.4, -0.2) is 41.1 Å². The van der Waals surface area contributed by atoms with Crippen LogP contribution in [0.4, 0.5) is 5.82 Å². The highest BCUT2D eigenvalue weighted by Gasteiger charge is 2.27. The van der Waals surface area contributed by atoms with Crippen molar-refractivity contribution in [1.29, 1.82) is 0 Å². The third kappa shape index (κ3) is 4.51. The van der Waals surface area contributed by atoms with Crippen LogP contribution in [-0.2, 0) is 14.3 Å². The summed E-state index contributed by atoms with van der Waals surface area (Å²) in [5.41, 5.74) is 0.880. The second kappa shape index (κ2) is 7.15. The van der Waals surface area contributed by atoms with Gasteiger partial charge in [-0.25, -0.2) is 0 Å². The van der Waals surface area contributed by atoms with Gasteiger partial charge < -0.3 is 14.4 Å². The fourth-order valence-electron chi connectivity index (χ4n) is 2.40. The van der Waals surface area contributed by atoms with Gasteiger partial charge in [-0.05, 0) is 38.8 Å². The van der Waals surface area contributed by atoms with Crippen LogP contribution < -0.4 is 4.90 Å². The van der Waals surface area contributed by atoms with E-state index in [0.717, 1.165) is 30.9 Å². The first-order valence-electron chi connectivity index (χ1n) is 7.28. The summed E-state index contributed by atoms with van der Waals surface area (Å²) in [6.45, 7) is 4.61. The van der Waals surface area contributed by atoms with Gasteiger partial charge in [-0.2, -0.15) is 5.10 Å². The smallest absolute Gasteiger partial charge is 0.306 e. The zero-order chi connectivity index (χ0) is 15.2. The molecule has 1 fully saturated rings. The van der Waals surface area contributed by atoms with E-state index in [0.29, 0.717) is 6.61 Å². The van der Waals surface area contributed by atoms with Crippen LogP contribution in [0.3, 0.4) is 0 Å². The Balaban J connectivity index is 1.86. The van der Waals surface area contributed by atoms with Crippen LogP contribution in [0, 0.1) is 6.92 Å². The highest BCUT2D eigenvalue weighted by atomic mass is 16.5. The molecule has 1 aromatic heterocycles. The molecule has 2 heterocycles. The molecule has 0 amide bonds. The molecule has 1 saturated heterocycles. The molecule has 1 aliphatic heterocycles. The van der Waals surface area contributed by atoms with Crippen molar-refractivity contribution in [1.82, 2.24) is 10.2 Å². The van der Waals surface area contributed by atoms with Crippen molar-refractivity contribution in [3.8, 4) is 0 Å². The lowest BCUT2D eigenvalue weighted by Gasteiger charge is -2.24. The fraction of sp³-hybridized carbons (Fsp3) is 0.600. The van der Waals surface area contributed by atoms with Crippen LogP contribution in [0.5, 0.6) is 0 Å². The van der Waals surface area contributed by atoms with Crippen molar-refractivity contribution in [3.05, 3.63) is 17.8 Å². The topological polar surface area (TPSA) is 72.4 Å². The molecule has 114 valence electrons. The molecule has 0 bridgehead atoms. The maximum Gasteiger partial charge on any atom is 0.306 e. The molecule has 6 nitrogen and oxygen atoms in total. The third-order valence-corrected chi connectivity index (χ3v) is 3.57. The Morgan fingerprint density at radius 3 is 2.81 bits per heavy atom. The van der Waals surface area contributed by atoms with Gasteiger partial charge >= 0.3 is 5.97 Å². The van der Waals surface area contributed by atoms with Crippen LogP contribution in [0.2, 0.25) is 0 Å². The van der Waals surface area contributed by atoms with E-state index in [1.807, 2.05) is 19.1 Å². The lowest BCUT2D eigenvalue weighted by molar-refractivity contribution is -0.145. The molecule has 0 radical (unpaired) electrons. The number of carbonyl (C=O) groups is 2. The maximum atomic E-state index is 11.6. The first-order valence-corrected chi connectivity index (χ1v) is 7.28. The Labute approximate surface area is 124 Å². The van der Waals surface area contributed by atoms with Gasteiger partial charge in [0.25, 0.3) is 0 Å². The largest absolute Gasteiger partial charge is 0.463 e. The Bertz CT molecular complexity index is 501. The normalized spacial score (nSPS) is 17.8. The predicted molar refractivity (Wildman–Crippen MR) is 78.0 cm³/mol. The Morgan fingerprint density at radius 2 is 2.14 bits per heavy atom. The highest BCUT2D eigenvalue weighted by Crippen LogP contribution is 2.23. The van der Waals surface area contributed by atoms with Crippen molar-refractivity contribution in [3.63, 3.8) is 0 Å². The number of ketones is 1. The SMILES string of the molecule is CC(=O)CCC(=O)OC[C@@H]1CCCN1c1ccc(C)nn1. The summed E-state index contributed by atoms with van der Waals surface area (Å²) in [7, 11) is 0. The lowest BCUT2D eigenvalue weighted by atomic mass is 10.2. The van der Waals surface area contributed by atoms with Crippen LogP contribution in [0.25, 0.3) is 0 Å². The van der Waals surface area contributed by atoms with Crippen molar-refractivity contribution in [2.24, 2.45) is 0 Å². The highest BCUT2D eigenvalue weighted by molar-refractivity contribution is 5.80. The number of carbonyl (C=O) groups excluding carboxylic acids is 2. The van der Waals surface area contributed by atoms with E-state index in [4.69, 9.17) is 4.74 Å². The summed E-state index contributed by atoms with van der Waals surface area (Å²) in [5.74, 6) is 0.513. The minimum Gasteiger partial charge on any atom is -0.463 e. The monoisotopic (exact) mass is 291 g/mol. The predicted octanol–water partition coefficient (Wildman–Crippen LogP) is 1.67. The standard InChI is InChI=1S/C15H21N3O3/c1-11-5-7-14(17-16-11)18-9-3-4-13(18)10-21-15(20)8-6-12(2)19/h5,7,13H,3-4,6,8-10H2,1-2H3/t13-/m0/s1. The van der Waals surface area contributed by atoms with Gasteiger partial charge in [0.05, 0.1) is 18.2 Å². The second-order valence-electron chi connectivity index (χ2n) is 5.41. The van der Waals surface area contributed by atoms with E-state index in [2.05, 4.69) is 15.1 Å². The Morgan fingerprint density at radius 1 is 1.33 bits per heavy atom. The number of Topliss-reactive ketones (excluding diaryl/α,β-unsaturated/α-hetero) is 1. The molecular formula is C15H21N3O3. The fourth-order valence-corrected chi connectivity index (χ4v) is 2.40. The molecule has 1 atom stereocenters. The molecule has 0 aromatic carbocycles.